The lowest BCUT2D eigenvalue weighted by Crippen LogP contribution is -2.39. The van der Waals surface area contributed by atoms with Crippen molar-refractivity contribution in [3.05, 3.63) is 0 Å². The van der Waals surface area contributed by atoms with E-state index in [1.807, 2.05) is 20.9 Å². The van der Waals surface area contributed by atoms with Crippen LogP contribution in [0.15, 0.2) is 0 Å². The Bertz CT molecular complexity index is 248. The molecule has 0 bridgehead atoms. The number of nitrogens with zero attached hydrogens (tertiary/aromatic N) is 1. The van der Waals surface area contributed by atoms with E-state index in [-0.39, 0.29) is 24.7 Å². The fraction of sp³-hybridized carbons (Fsp3) is 0.929. The zero-order valence-corrected chi connectivity index (χ0v) is 12.2. The van der Waals surface area contributed by atoms with E-state index in [1.165, 1.54) is 0 Å². The molecule has 4 nitrogen and oxygen atoms in total. The first-order chi connectivity index (χ1) is 8.54. The molecular weight excluding hydrogens is 228 g/mol. The van der Waals surface area contributed by atoms with E-state index in [0.717, 1.165) is 32.2 Å². The second-order valence-corrected chi connectivity index (χ2v) is 5.44. The Hall–Kier alpha value is -0.610. The average molecular weight is 256 g/mol. The highest BCUT2D eigenvalue weighted by Gasteiger charge is 2.22. The Labute approximate surface area is 111 Å². The number of carbonyl (C=O) groups excluding carboxylic acids is 1. The van der Waals surface area contributed by atoms with Crippen LogP contribution in [0.3, 0.4) is 0 Å². The molecule has 0 aromatic carbocycles. The van der Waals surface area contributed by atoms with E-state index in [0.29, 0.717) is 6.04 Å². The molecule has 0 aromatic rings. The van der Waals surface area contributed by atoms with Crippen molar-refractivity contribution in [3.8, 4) is 0 Å². The maximum atomic E-state index is 11.8. The average Bonchev–Trinajstić information content (AvgIpc) is 2.37. The van der Waals surface area contributed by atoms with Gasteiger partial charge in [-0.2, -0.15) is 0 Å². The first-order valence-electron chi connectivity index (χ1n) is 7.15. The molecule has 18 heavy (non-hydrogen) atoms. The summed E-state index contributed by atoms with van der Waals surface area (Å²) in [5.41, 5.74) is 0. The van der Waals surface area contributed by atoms with E-state index >= 15 is 0 Å². The van der Waals surface area contributed by atoms with Crippen LogP contribution in [0.4, 0.5) is 0 Å². The number of likely N-dealkylation sites (N-methyl/N-ethyl adjacent to an activating group) is 1. The first-order valence-corrected chi connectivity index (χ1v) is 7.15. The lowest BCUT2D eigenvalue weighted by Gasteiger charge is -2.29. The van der Waals surface area contributed by atoms with Crippen LogP contribution in [0.1, 0.15) is 46.5 Å². The Morgan fingerprint density at radius 3 is 2.44 bits per heavy atom. The Morgan fingerprint density at radius 2 is 1.94 bits per heavy atom. The van der Waals surface area contributed by atoms with Gasteiger partial charge in [-0.3, -0.25) is 4.79 Å². The van der Waals surface area contributed by atoms with Crippen molar-refractivity contribution in [1.82, 2.24) is 10.2 Å². The molecule has 0 spiro atoms. The molecule has 0 atom stereocenters. The van der Waals surface area contributed by atoms with Gasteiger partial charge in [-0.15, -0.1) is 0 Å². The molecule has 1 rings (SSSR count). The molecule has 4 heteroatoms. The van der Waals surface area contributed by atoms with Crippen LogP contribution >= 0.6 is 0 Å². The molecule has 1 fully saturated rings. The maximum Gasteiger partial charge on any atom is 0.248 e. The van der Waals surface area contributed by atoms with Crippen LogP contribution in [-0.2, 0) is 9.53 Å². The van der Waals surface area contributed by atoms with Crippen molar-refractivity contribution < 1.29 is 9.53 Å². The van der Waals surface area contributed by atoms with Gasteiger partial charge in [0.15, 0.2) is 0 Å². The smallest absolute Gasteiger partial charge is 0.248 e. The van der Waals surface area contributed by atoms with Crippen LogP contribution in [0.2, 0.25) is 0 Å². The molecule has 1 aliphatic carbocycles. The van der Waals surface area contributed by atoms with Crippen molar-refractivity contribution in [2.24, 2.45) is 0 Å². The van der Waals surface area contributed by atoms with Gasteiger partial charge in [-0.05, 0) is 46.1 Å². The molecule has 0 saturated heterocycles. The third-order valence-corrected chi connectivity index (χ3v) is 3.78. The largest absolute Gasteiger partial charge is 0.368 e. The minimum absolute atomic E-state index is 0.0822. The van der Waals surface area contributed by atoms with Gasteiger partial charge in [-0.1, -0.05) is 6.92 Å². The van der Waals surface area contributed by atoms with Crippen LogP contribution in [0, 0.1) is 0 Å². The Morgan fingerprint density at radius 1 is 1.33 bits per heavy atom. The zero-order chi connectivity index (χ0) is 13.5. The summed E-state index contributed by atoms with van der Waals surface area (Å²) in [6.07, 6.45) is 4.72. The summed E-state index contributed by atoms with van der Waals surface area (Å²) in [5, 5.41) is 3.47. The number of carbonyl (C=O) groups is 1. The normalized spacial score (nSPS) is 24.3. The van der Waals surface area contributed by atoms with Crippen molar-refractivity contribution >= 4 is 5.91 Å². The van der Waals surface area contributed by atoms with Crippen molar-refractivity contribution in [2.45, 2.75) is 64.6 Å². The standard InChI is InChI=1S/C14H28N2O2/c1-5-15-12-6-8-13(9-7-12)18-10-14(17)16(4)11(2)3/h11-13,15H,5-10H2,1-4H3. The van der Waals surface area contributed by atoms with E-state index < -0.39 is 0 Å². The molecule has 1 amide bonds. The number of amides is 1. The van der Waals surface area contributed by atoms with Crippen LogP contribution in [0.25, 0.3) is 0 Å². The summed E-state index contributed by atoms with van der Waals surface area (Å²) >= 11 is 0. The number of nitrogens with one attached hydrogen (secondary N) is 1. The third kappa shape index (κ3) is 4.94. The fourth-order valence-corrected chi connectivity index (χ4v) is 2.30. The minimum Gasteiger partial charge on any atom is -0.368 e. The highest BCUT2D eigenvalue weighted by molar-refractivity contribution is 5.77. The molecule has 1 saturated carbocycles. The van der Waals surface area contributed by atoms with Crippen molar-refractivity contribution in [2.75, 3.05) is 20.2 Å². The summed E-state index contributed by atoms with van der Waals surface area (Å²) in [6, 6.07) is 0.884. The summed E-state index contributed by atoms with van der Waals surface area (Å²) in [4.78, 5) is 13.5. The van der Waals surface area contributed by atoms with Gasteiger partial charge in [0.2, 0.25) is 5.91 Å². The predicted molar refractivity (Wildman–Crippen MR) is 73.6 cm³/mol. The summed E-state index contributed by atoms with van der Waals surface area (Å²) in [5.74, 6) is 0.0822. The number of hydrogen-bond donors (Lipinski definition) is 1. The van der Waals surface area contributed by atoms with Gasteiger partial charge in [0, 0.05) is 19.1 Å². The lowest BCUT2D eigenvalue weighted by molar-refractivity contribution is -0.139. The van der Waals surface area contributed by atoms with Crippen LogP contribution in [0.5, 0.6) is 0 Å². The summed E-state index contributed by atoms with van der Waals surface area (Å²) in [6.45, 7) is 7.43. The molecular formula is C14H28N2O2. The molecule has 106 valence electrons. The molecule has 1 N–H and O–H groups in total. The number of ether oxygens (including phenoxy) is 1. The highest BCUT2D eigenvalue weighted by atomic mass is 16.5. The summed E-state index contributed by atoms with van der Waals surface area (Å²) < 4.78 is 5.72. The van der Waals surface area contributed by atoms with Crippen molar-refractivity contribution in [3.63, 3.8) is 0 Å². The van der Waals surface area contributed by atoms with E-state index in [2.05, 4.69) is 12.2 Å². The van der Waals surface area contributed by atoms with Gasteiger partial charge in [0.25, 0.3) is 0 Å². The van der Waals surface area contributed by atoms with E-state index in [1.54, 1.807) is 4.90 Å². The highest BCUT2D eigenvalue weighted by Crippen LogP contribution is 2.21. The fourth-order valence-electron chi connectivity index (χ4n) is 2.30. The number of hydrogen-bond acceptors (Lipinski definition) is 3. The lowest BCUT2D eigenvalue weighted by atomic mass is 9.93. The SMILES string of the molecule is CCNC1CCC(OCC(=O)N(C)C(C)C)CC1. The summed E-state index contributed by atoms with van der Waals surface area (Å²) in [7, 11) is 1.83. The molecule has 0 aliphatic heterocycles. The van der Waals surface area contributed by atoms with E-state index in [9.17, 15) is 4.79 Å². The van der Waals surface area contributed by atoms with Gasteiger partial charge < -0.3 is 15.0 Å². The van der Waals surface area contributed by atoms with Gasteiger partial charge in [0.05, 0.1) is 6.10 Å². The van der Waals surface area contributed by atoms with Gasteiger partial charge in [0.1, 0.15) is 6.61 Å². The maximum absolute atomic E-state index is 11.8. The predicted octanol–water partition coefficient (Wildman–Crippen LogP) is 1.79. The van der Waals surface area contributed by atoms with Crippen LogP contribution < -0.4 is 5.32 Å². The van der Waals surface area contributed by atoms with Crippen LogP contribution in [-0.4, -0.2) is 49.2 Å². The zero-order valence-electron chi connectivity index (χ0n) is 12.2. The minimum atomic E-state index is 0.0822. The Kier molecular flexibility index (Phi) is 6.65. The van der Waals surface area contributed by atoms with Gasteiger partial charge >= 0.3 is 0 Å². The van der Waals surface area contributed by atoms with Crippen molar-refractivity contribution in [1.29, 1.82) is 0 Å². The first kappa shape index (κ1) is 15.4. The second-order valence-electron chi connectivity index (χ2n) is 5.44. The molecule has 1 aliphatic rings. The quantitative estimate of drug-likeness (QED) is 0.788. The third-order valence-electron chi connectivity index (χ3n) is 3.78. The second kappa shape index (κ2) is 7.74. The monoisotopic (exact) mass is 256 g/mol. The number of rotatable bonds is 6. The van der Waals surface area contributed by atoms with E-state index in [4.69, 9.17) is 4.74 Å². The molecule has 0 heterocycles. The molecule has 0 unspecified atom stereocenters. The van der Waals surface area contributed by atoms with Gasteiger partial charge in [-0.25, -0.2) is 0 Å². The molecule has 0 radical (unpaired) electrons. The Balaban J connectivity index is 2.19. The topological polar surface area (TPSA) is 41.6 Å². The molecule has 0 aromatic heterocycles.